The van der Waals surface area contributed by atoms with Crippen molar-refractivity contribution in [3.63, 3.8) is 0 Å². The highest BCUT2D eigenvalue weighted by Crippen LogP contribution is 2.42. The Morgan fingerprint density at radius 2 is 1.64 bits per heavy atom. The average molecular weight is 438 g/mol. The molecule has 0 aliphatic carbocycles. The third kappa shape index (κ3) is 3.91. The van der Waals surface area contributed by atoms with Crippen molar-refractivity contribution >= 4 is 5.91 Å². The van der Waals surface area contributed by atoms with Crippen LogP contribution in [-0.4, -0.2) is 34.7 Å². The molecule has 1 aliphatic heterocycles. The van der Waals surface area contributed by atoms with E-state index in [1.54, 1.807) is 7.11 Å². The van der Waals surface area contributed by atoms with E-state index in [0.717, 1.165) is 41.0 Å². The first-order valence-corrected chi connectivity index (χ1v) is 11.4. The number of ether oxygens (including phenoxy) is 1. The zero-order chi connectivity index (χ0) is 22.8. The molecule has 1 amide bonds. The van der Waals surface area contributed by atoms with Gasteiger partial charge in [-0.25, -0.2) is 0 Å². The van der Waals surface area contributed by atoms with E-state index in [4.69, 9.17) is 4.74 Å². The predicted octanol–water partition coefficient (Wildman–Crippen LogP) is 5.44. The summed E-state index contributed by atoms with van der Waals surface area (Å²) in [5.74, 6) is 0.830. The number of carbonyl (C=O) groups excluding carboxylic acids is 1. The Hall–Kier alpha value is -3.86. The maximum Gasteiger partial charge on any atom is 0.273 e. The standard InChI is InChI=1S/C28H27N3O2/c1-3-19-9-13-22(14-10-19)27-24-25(21-7-5-4-6-8-21)29-30-26(24)28(32)31(27)18-17-20-11-15-23(33-2)16-12-20/h4-16,27H,3,17-18H2,1-2H3,(H,29,30). The summed E-state index contributed by atoms with van der Waals surface area (Å²) in [7, 11) is 1.67. The lowest BCUT2D eigenvalue weighted by Crippen LogP contribution is -2.31. The summed E-state index contributed by atoms with van der Waals surface area (Å²) in [6.07, 6.45) is 1.74. The minimum Gasteiger partial charge on any atom is -0.497 e. The second-order valence-electron chi connectivity index (χ2n) is 8.32. The van der Waals surface area contributed by atoms with Crippen LogP contribution in [0.5, 0.6) is 5.75 Å². The molecule has 1 unspecified atom stereocenters. The number of aromatic nitrogens is 2. The van der Waals surface area contributed by atoms with E-state index in [1.807, 2.05) is 47.4 Å². The quantitative estimate of drug-likeness (QED) is 0.419. The molecule has 1 N–H and O–H groups in total. The number of hydrogen-bond donors (Lipinski definition) is 1. The van der Waals surface area contributed by atoms with E-state index in [1.165, 1.54) is 11.1 Å². The Morgan fingerprint density at radius 3 is 2.30 bits per heavy atom. The molecule has 33 heavy (non-hydrogen) atoms. The van der Waals surface area contributed by atoms with Crippen LogP contribution < -0.4 is 4.74 Å². The number of carbonyl (C=O) groups is 1. The first kappa shape index (κ1) is 21.0. The fourth-order valence-corrected chi connectivity index (χ4v) is 4.57. The van der Waals surface area contributed by atoms with Crippen molar-refractivity contribution in [2.75, 3.05) is 13.7 Å². The SMILES string of the molecule is CCc1ccc(C2c3c(-c4ccccc4)n[nH]c3C(=O)N2CCc2ccc(OC)cc2)cc1. The van der Waals surface area contributed by atoms with Crippen LogP contribution >= 0.6 is 0 Å². The largest absolute Gasteiger partial charge is 0.497 e. The van der Waals surface area contributed by atoms with Gasteiger partial charge in [0.05, 0.1) is 18.8 Å². The van der Waals surface area contributed by atoms with E-state index in [9.17, 15) is 4.79 Å². The molecule has 5 rings (SSSR count). The lowest BCUT2D eigenvalue weighted by atomic mass is 9.95. The van der Waals surface area contributed by atoms with Crippen LogP contribution in [0.4, 0.5) is 0 Å². The molecule has 1 atom stereocenters. The van der Waals surface area contributed by atoms with Gasteiger partial charge in [-0.1, -0.05) is 73.7 Å². The van der Waals surface area contributed by atoms with E-state index in [0.29, 0.717) is 12.2 Å². The number of rotatable bonds is 7. The summed E-state index contributed by atoms with van der Waals surface area (Å²) >= 11 is 0. The van der Waals surface area contributed by atoms with Crippen LogP contribution in [0.2, 0.25) is 0 Å². The fraction of sp³-hybridized carbons (Fsp3) is 0.214. The molecular weight excluding hydrogens is 410 g/mol. The maximum atomic E-state index is 13.5. The van der Waals surface area contributed by atoms with Crippen molar-refractivity contribution in [1.29, 1.82) is 0 Å². The molecule has 0 radical (unpaired) electrons. The molecule has 0 saturated carbocycles. The monoisotopic (exact) mass is 437 g/mol. The summed E-state index contributed by atoms with van der Waals surface area (Å²) < 4.78 is 5.27. The predicted molar refractivity (Wildman–Crippen MR) is 129 cm³/mol. The number of amides is 1. The molecular formula is C28H27N3O2. The Bertz CT molecular complexity index is 1240. The summed E-state index contributed by atoms with van der Waals surface area (Å²) in [4.78, 5) is 15.5. The highest BCUT2D eigenvalue weighted by molar-refractivity contribution is 6.00. The topological polar surface area (TPSA) is 58.2 Å². The molecule has 2 heterocycles. The third-order valence-corrected chi connectivity index (χ3v) is 6.42. The maximum absolute atomic E-state index is 13.5. The second-order valence-corrected chi connectivity index (χ2v) is 8.32. The Kier molecular flexibility index (Phi) is 5.69. The lowest BCUT2D eigenvalue weighted by molar-refractivity contribution is 0.0746. The van der Waals surface area contributed by atoms with Gasteiger partial charge >= 0.3 is 0 Å². The van der Waals surface area contributed by atoms with Gasteiger partial charge in [0.25, 0.3) is 5.91 Å². The normalized spacial score (nSPS) is 15.0. The number of fused-ring (bicyclic) bond motifs is 1. The third-order valence-electron chi connectivity index (χ3n) is 6.42. The number of aromatic amines is 1. The van der Waals surface area contributed by atoms with Gasteiger partial charge in [-0.05, 0) is 41.7 Å². The van der Waals surface area contributed by atoms with E-state index < -0.39 is 0 Å². The first-order chi connectivity index (χ1) is 16.2. The summed E-state index contributed by atoms with van der Waals surface area (Å²) in [5.41, 5.74) is 6.96. The van der Waals surface area contributed by atoms with Crippen molar-refractivity contribution in [1.82, 2.24) is 15.1 Å². The van der Waals surface area contributed by atoms with Gasteiger partial charge in [0.1, 0.15) is 11.4 Å². The Balaban J connectivity index is 1.52. The van der Waals surface area contributed by atoms with Crippen molar-refractivity contribution in [2.45, 2.75) is 25.8 Å². The number of nitrogens with one attached hydrogen (secondary N) is 1. The molecule has 5 heteroatoms. The molecule has 0 fully saturated rings. The van der Waals surface area contributed by atoms with Crippen molar-refractivity contribution in [2.24, 2.45) is 0 Å². The number of H-pyrrole nitrogens is 1. The van der Waals surface area contributed by atoms with E-state index >= 15 is 0 Å². The lowest BCUT2D eigenvalue weighted by Gasteiger charge is -2.26. The van der Waals surface area contributed by atoms with Crippen LogP contribution in [0.15, 0.2) is 78.9 Å². The van der Waals surface area contributed by atoms with Gasteiger partial charge in [0, 0.05) is 17.7 Å². The van der Waals surface area contributed by atoms with E-state index in [2.05, 4.69) is 53.5 Å². The molecule has 4 aromatic rings. The highest BCUT2D eigenvalue weighted by Gasteiger charge is 2.41. The second kappa shape index (κ2) is 8.94. The minimum atomic E-state index is -0.175. The number of hydrogen-bond acceptors (Lipinski definition) is 3. The molecule has 1 aliphatic rings. The van der Waals surface area contributed by atoms with Crippen molar-refractivity contribution in [3.05, 3.63) is 107 Å². The number of nitrogens with zero attached hydrogens (tertiary/aromatic N) is 2. The molecule has 1 aromatic heterocycles. The average Bonchev–Trinajstić information content (AvgIpc) is 3.42. The zero-order valence-corrected chi connectivity index (χ0v) is 18.9. The number of aryl methyl sites for hydroxylation is 1. The van der Waals surface area contributed by atoms with Gasteiger partial charge in [-0.15, -0.1) is 0 Å². The molecule has 166 valence electrons. The number of methoxy groups -OCH3 is 1. The summed E-state index contributed by atoms with van der Waals surface area (Å²) in [6, 6.07) is 26.5. The first-order valence-electron chi connectivity index (χ1n) is 11.4. The Morgan fingerprint density at radius 1 is 0.939 bits per heavy atom. The highest BCUT2D eigenvalue weighted by atomic mass is 16.5. The molecule has 5 nitrogen and oxygen atoms in total. The van der Waals surface area contributed by atoms with Gasteiger partial charge < -0.3 is 9.64 Å². The summed E-state index contributed by atoms with van der Waals surface area (Å²) in [5, 5.41) is 7.60. The van der Waals surface area contributed by atoms with Crippen LogP contribution in [0.3, 0.4) is 0 Å². The van der Waals surface area contributed by atoms with Gasteiger partial charge in [-0.3, -0.25) is 9.89 Å². The van der Waals surface area contributed by atoms with Crippen LogP contribution in [0, 0.1) is 0 Å². The molecule has 3 aromatic carbocycles. The fourth-order valence-electron chi connectivity index (χ4n) is 4.57. The molecule has 0 spiro atoms. The van der Waals surface area contributed by atoms with Gasteiger partial charge in [0.15, 0.2) is 0 Å². The minimum absolute atomic E-state index is 0.00207. The summed E-state index contributed by atoms with van der Waals surface area (Å²) in [6.45, 7) is 2.76. The Labute approximate surface area is 194 Å². The van der Waals surface area contributed by atoms with Crippen LogP contribution in [0.25, 0.3) is 11.3 Å². The molecule has 0 bridgehead atoms. The smallest absolute Gasteiger partial charge is 0.273 e. The zero-order valence-electron chi connectivity index (χ0n) is 18.9. The van der Waals surface area contributed by atoms with Crippen LogP contribution in [0.1, 0.15) is 45.7 Å². The van der Waals surface area contributed by atoms with Crippen molar-refractivity contribution in [3.8, 4) is 17.0 Å². The van der Waals surface area contributed by atoms with Gasteiger partial charge in [-0.2, -0.15) is 5.10 Å². The van der Waals surface area contributed by atoms with Crippen LogP contribution in [-0.2, 0) is 12.8 Å². The number of benzene rings is 3. The van der Waals surface area contributed by atoms with Gasteiger partial charge in [0.2, 0.25) is 0 Å². The van der Waals surface area contributed by atoms with Crippen molar-refractivity contribution < 1.29 is 9.53 Å². The van der Waals surface area contributed by atoms with E-state index in [-0.39, 0.29) is 11.9 Å². The molecule has 0 saturated heterocycles.